The summed E-state index contributed by atoms with van der Waals surface area (Å²) in [6.45, 7) is 2.04. The van der Waals surface area contributed by atoms with Crippen LogP contribution >= 0.6 is 27.5 Å². The molecule has 2 heterocycles. The molecule has 2 N–H and O–H groups in total. The molecule has 0 aliphatic rings. The number of nitrogens with zero attached hydrogens (tertiary/aromatic N) is 2. The molecule has 2 rings (SSSR count). The molecule has 1 atom stereocenters. The number of H-pyrrole nitrogens is 1. The predicted octanol–water partition coefficient (Wildman–Crippen LogP) is 3.39. The van der Waals surface area contributed by atoms with Gasteiger partial charge in [-0.2, -0.15) is 5.10 Å². The Morgan fingerprint density at radius 2 is 2.38 bits per heavy atom. The van der Waals surface area contributed by atoms with Crippen LogP contribution in [0, 0.1) is 0 Å². The second-order valence-corrected chi connectivity index (χ2v) is 4.59. The van der Waals surface area contributed by atoms with E-state index in [0.29, 0.717) is 5.15 Å². The van der Waals surface area contributed by atoms with Crippen molar-refractivity contribution in [3.63, 3.8) is 0 Å². The fourth-order valence-corrected chi connectivity index (χ4v) is 1.79. The van der Waals surface area contributed by atoms with Crippen LogP contribution in [-0.4, -0.2) is 15.2 Å². The number of hydrogen-bond donors (Lipinski definition) is 2. The standard InChI is InChI=1S/C10H10BrClN4/c1-6(9-2-3-14-16-9)15-7-4-8(11)10(12)13-5-7/h2-6,15H,1H3,(H,14,16). The Bertz CT molecular complexity index is 472. The summed E-state index contributed by atoms with van der Waals surface area (Å²) in [5.74, 6) is 0. The normalized spacial score (nSPS) is 12.4. The second kappa shape index (κ2) is 4.84. The topological polar surface area (TPSA) is 53.6 Å². The van der Waals surface area contributed by atoms with E-state index in [1.807, 2.05) is 19.1 Å². The third kappa shape index (κ3) is 2.54. The summed E-state index contributed by atoms with van der Waals surface area (Å²) in [7, 11) is 0. The van der Waals surface area contributed by atoms with E-state index in [1.165, 1.54) is 0 Å². The van der Waals surface area contributed by atoms with Crippen LogP contribution in [0.2, 0.25) is 5.15 Å². The van der Waals surface area contributed by atoms with Crippen LogP contribution in [0.25, 0.3) is 0 Å². The SMILES string of the molecule is CC(Nc1cnc(Cl)c(Br)c1)c1ccn[nH]1. The molecule has 84 valence electrons. The Hall–Kier alpha value is -1.07. The summed E-state index contributed by atoms with van der Waals surface area (Å²) in [6, 6.07) is 3.95. The number of pyridine rings is 1. The number of aromatic amines is 1. The summed E-state index contributed by atoms with van der Waals surface area (Å²) in [4.78, 5) is 4.04. The Balaban J connectivity index is 2.12. The van der Waals surface area contributed by atoms with E-state index in [9.17, 15) is 0 Å². The van der Waals surface area contributed by atoms with Crippen LogP contribution in [0.15, 0.2) is 29.0 Å². The highest BCUT2D eigenvalue weighted by atomic mass is 79.9. The van der Waals surface area contributed by atoms with Crippen LogP contribution in [-0.2, 0) is 0 Å². The van der Waals surface area contributed by atoms with Crippen molar-refractivity contribution in [3.05, 3.63) is 39.8 Å². The maximum atomic E-state index is 5.81. The molecule has 2 aromatic heterocycles. The monoisotopic (exact) mass is 300 g/mol. The number of halogens is 2. The number of nitrogens with one attached hydrogen (secondary N) is 2. The lowest BCUT2D eigenvalue weighted by Crippen LogP contribution is -2.07. The first-order chi connectivity index (χ1) is 7.66. The predicted molar refractivity (Wildman–Crippen MR) is 67.6 cm³/mol. The molecule has 0 aliphatic carbocycles. The van der Waals surface area contributed by atoms with E-state index in [-0.39, 0.29) is 6.04 Å². The van der Waals surface area contributed by atoms with Crippen molar-refractivity contribution in [2.75, 3.05) is 5.32 Å². The van der Waals surface area contributed by atoms with Crippen molar-refractivity contribution >= 4 is 33.2 Å². The minimum atomic E-state index is 0.136. The Morgan fingerprint density at radius 3 is 3.00 bits per heavy atom. The van der Waals surface area contributed by atoms with E-state index in [4.69, 9.17) is 11.6 Å². The summed E-state index contributed by atoms with van der Waals surface area (Å²) < 4.78 is 0.774. The molecule has 0 aromatic carbocycles. The van der Waals surface area contributed by atoms with Gasteiger partial charge in [-0.15, -0.1) is 0 Å². The van der Waals surface area contributed by atoms with Gasteiger partial charge in [-0.1, -0.05) is 11.6 Å². The van der Waals surface area contributed by atoms with Gasteiger partial charge in [0.2, 0.25) is 0 Å². The fourth-order valence-electron chi connectivity index (χ4n) is 1.34. The largest absolute Gasteiger partial charge is 0.376 e. The lowest BCUT2D eigenvalue weighted by atomic mass is 10.2. The van der Waals surface area contributed by atoms with Gasteiger partial charge in [0.15, 0.2) is 0 Å². The zero-order valence-corrected chi connectivity index (χ0v) is 10.9. The molecular weight excluding hydrogens is 291 g/mol. The molecule has 0 fully saturated rings. The maximum Gasteiger partial charge on any atom is 0.143 e. The summed E-state index contributed by atoms with van der Waals surface area (Å²) in [6.07, 6.45) is 3.42. The Labute approximate surface area is 107 Å². The van der Waals surface area contributed by atoms with E-state index < -0.39 is 0 Å². The minimum absolute atomic E-state index is 0.136. The van der Waals surface area contributed by atoms with E-state index in [2.05, 4.69) is 36.4 Å². The molecule has 0 amide bonds. The molecule has 1 unspecified atom stereocenters. The molecule has 0 saturated carbocycles. The van der Waals surface area contributed by atoms with E-state index in [0.717, 1.165) is 15.9 Å². The van der Waals surface area contributed by atoms with Gasteiger partial charge >= 0.3 is 0 Å². The molecule has 16 heavy (non-hydrogen) atoms. The first-order valence-corrected chi connectivity index (χ1v) is 5.91. The smallest absolute Gasteiger partial charge is 0.143 e. The average Bonchev–Trinajstić information content (AvgIpc) is 2.77. The van der Waals surface area contributed by atoms with Crippen molar-refractivity contribution in [3.8, 4) is 0 Å². The van der Waals surface area contributed by atoms with Gasteiger partial charge in [-0.25, -0.2) is 4.98 Å². The molecular formula is C10H10BrClN4. The van der Waals surface area contributed by atoms with Gasteiger partial charge in [0.05, 0.1) is 28.1 Å². The zero-order valence-electron chi connectivity index (χ0n) is 8.54. The van der Waals surface area contributed by atoms with Crippen LogP contribution < -0.4 is 5.32 Å². The molecule has 0 bridgehead atoms. The Morgan fingerprint density at radius 1 is 1.56 bits per heavy atom. The van der Waals surface area contributed by atoms with Crippen LogP contribution in [0.4, 0.5) is 5.69 Å². The van der Waals surface area contributed by atoms with Crippen molar-refractivity contribution in [2.45, 2.75) is 13.0 Å². The molecule has 4 nitrogen and oxygen atoms in total. The zero-order chi connectivity index (χ0) is 11.5. The Kier molecular flexibility index (Phi) is 3.46. The number of rotatable bonds is 3. The number of hydrogen-bond acceptors (Lipinski definition) is 3. The van der Waals surface area contributed by atoms with Gasteiger partial charge in [-0.05, 0) is 35.0 Å². The molecule has 2 aromatic rings. The first-order valence-electron chi connectivity index (χ1n) is 4.73. The fraction of sp³-hybridized carbons (Fsp3) is 0.200. The van der Waals surface area contributed by atoms with Crippen molar-refractivity contribution in [1.29, 1.82) is 0 Å². The maximum absolute atomic E-state index is 5.81. The highest BCUT2D eigenvalue weighted by molar-refractivity contribution is 9.10. The number of anilines is 1. The van der Waals surface area contributed by atoms with E-state index >= 15 is 0 Å². The van der Waals surface area contributed by atoms with Gasteiger partial charge < -0.3 is 5.32 Å². The minimum Gasteiger partial charge on any atom is -0.376 e. The molecule has 0 radical (unpaired) electrons. The van der Waals surface area contributed by atoms with Crippen molar-refractivity contribution < 1.29 is 0 Å². The van der Waals surface area contributed by atoms with Crippen molar-refractivity contribution in [1.82, 2.24) is 15.2 Å². The lowest BCUT2D eigenvalue weighted by Gasteiger charge is -2.13. The second-order valence-electron chi connectivity index (χ2n) is 3.37. The highest BCUT2D eigenvalue weighted by Crippen LogP contribution is 2.25. The van der Waals surface area contributed by atoms with Crippen LogP contribution in [0.3, 0.4) is 0 Å². The quantitative estimate of drug-likeness (QED) is 0.854. The average molecular weight is 302 g/mol. The van der Waals surface area contributed by atoms with Crippen LogP contribution in [0.1, 0.15) is 18.7 Å². The molecule has 0 saturated heterocycles. The molecule has 0 aliphatic heterocycles. The number of aromatic nitrogens is 3. The highest BCUT2D eigenvalue weighted by Gasteiger charge is 2.07. The first kappa shape index (κ1) is 11.4. The van der Waals surface area contributed by atoms with Gasteiger partial charge in [-0.3, -0.25) is 5.10 Å². The third-order valence-corrected chi connectivity index (χ3v) is 3.30. The summed E-state index contributed by atoms with van der Waals surface area (Å²) in [5, 5.41) is 10.6. The van der Waals surface area contributed by atoms with Crippen molar-refractivity contribution in [2.24, 2.45) is 0 Å². The summed E-state index contributed by atoms with van der Waals surface area (Å²) >= 11 is 9.14. The third-order valence-electron chi connectivity index (χ3n) is 2.17. The van der Waals surface area contributed by atoms with Gasteiger partial charge in [0.25, 0.3) is 0 Å². The summed E-state index contributed by atoms with van der Waals surface area (Å²) in [5.41, 5.74) is 1.92. The molecule has 0 spiro atoms. The lowest BCUT2D eigenvalue weighted by molar-refractivity contribution is 0.824. The molecule has 6 heteroatoms. The van der Waals surface area contributed by atoms with Gasteiger partial charge in [0, 0.05) is 6.20 Å². The van der Waals surface area contributed by atoms with Crippen LogP contribution in [0.5, 0.6) is 0 Å². The van der Waals surface area contributed by atoms with Gasteiger partial charge in [0.1, 0.15) is 5.15 Å². The van der Waals surface area contributed by atoms with E-state index in [1.54, 1.807) is 12.4 Å².